The number of methoxy groups -OCH3 is 2. The molecule has 3 rings (SSSR count). The van der Waals surface area contributed by atoms with Crippen molar-refractivity contribution >= 4 is 29.4 Å². The molecule has 1 heterocycles. The average molecular weight is 440 g/mol. The van der Waals surface area contributed by atoms with E-state index in [1.165, 1.54) is 21.3 Å². The second-order valence-corrected chi connectivity index (χ2v) is 7.22. The van der Waals surface area contributed by atoms with Crippen molar-refractivity contribution in [1.82, 2.24) is 15.5 Å². The van der Waals surface area contributed by atoms with Crippen molar-refractivity contribution in [3.05, 3.63) is 53.6 Å². The summed E-state index contributed by atoms with van der Waals surface area (Å²) in [5, 5.41) is 7.77. The lowest BCUT2D eigenvalue weighted by molar-refractivity contribution is -0.133. The lowest BCUT2D eigenvalue weighted by atomic mass is 9.91. The summed E-state index contributed by atoms with van der Waals surface area (Å²) < 4.78 is 10.5. The molecule has 1 aliphatic rings. The highest BCUT2D eigenvalue weighted by atomic mass is 16.5. The molecule has 0 radical (unpaired) electrons. The van der Waals surface area contributed by atoms with E-state index in [1.54, 1.807) is 49.4 Å². The minimum Gasteiger partial charge on any atom is -0.493 e. The van der Waals surface area contributed by atoms with E-state index in [2.05, 4.69) is 16.0 Å². The van der Waals surface area contributed by atoms with Crippen LogP contribution in [-0.2, 0) is 15.1 Å². The molecule has 10 heteroatoms. The van der Waals surface area contributed by atoms with Crippen LogP contribution < -0.4 is 25.4 Å². The largest absolute Gasteiger partial charge is 0.493 e. The smallest absolute Gasteiger partial charge is 0.325 e. The standard InChI is InChI=1S/C22H24N4O6/c1-22(14-7-10-16(31-3)17(11-14)32-4)20(29)26(21(30)25-22)12-18(27)24-15-8-5-13(6-9-15)19(28)23-2/h5-11H,12H2,1-4H3,(H,23,28)(H,24,27)(H,25,30). The topological polar surface area (TPSA) is 126 Å². The summed E-state index contributed by atoms with van der Waals surface area (Å²) in [7, 11) is 4.48. The summed E-state index contributed by atoms with van der Waals surface area (Å²) in [5.41, 5.74) is -0.0182. The van der Waals surface area contributed by atoms with Crippen molar-refractivity contribution < 1.29 is 28.7 Å². The predicted molar refractivity (Wildman–Crippen MR) is 116 cm³/mol. The summed E-state index contributed by atoms with van der Waals surface area (Å²) >= 11 is 0. The number of anilines is 1. The van der Waals surface area contributed by atoms with Gasteiger partial charge in [-0.2, -0.15) is 0 Å². The Bertz CT molecular complexity index is 1070. The Morgan fingerprint density at radius 2 is 1.69 bits per heavy atom. The van der Waals surface area contributed by atoms with Crippen molar-refractivity contribution in [3.63, 3.8) is 0 Å². The minimum atomic E-state index is -1.37. The number of hydrogen-bond acceptors (Lipinski definition) is 6. The molecule has 2 aromatic rings. The quantitative estimate of drug-likeness (QED) is 0.560. The molecule has 0 saturated carbocycles. The molecule has 1 saturated heterocycles. The molecule has 0 spiro atoms. The van der Waals surface area contributed by atoms with Gasteiger partial charge in [0.05, 0.1) is 14.2 Å². The summed E-state index contributed by atoms with van der Waals surface area (Å²) in [6, 6.07) is 10.4. The van der Waals surface area contributed by atoms with Crippen LogP contribution in [0.25, 0.3) is 0 Å². The second-order valence-electron chi connectivity index (χ2n) is 7.22. The molecule has 1 unspecified atom stereocenters. The van der Waals surface area contributed by atoms with E-state index in [9.17, 15) is 19.2 Å². The molecule has 2 aromatic carbocycles. The van der Waals surface area contributed by atoms with Crippen LogP contribution in [0.1, 0.15) is 22.8 Å². The molecule has 1 aliphatic heterocycles. The van der Waals surface area contributed by atoms with E-state index in [0.29, 0.717) is 28.3 Å². The van der Waals surface area contributed by atoms with E-state index in [4.69, 9.17) is 9.47 Å². The molecule has 0 aromatic heterocycles. The van der Waals surface area contributed by atoms with Crippen LogP contribution in [-0.4, -0.2) is 56.5 Å². The van der Waals surface area contributed by atoms with Gasteiger partial charge in [-0.1, -0.05) is 6.07 Å². The van der Waals surface area contributed by atoms with Gasteiger partial charge in [-0.25, -0.2) is 4.79 Å². The first-order chi connectivity index (χ1) is 15.2. The molecular weight excluding hydrogens is 416 g/mol. The third-order valence-corrected chi connectivity index (χ3v) is 5.20. The van der Waals surface area contributed by atoms with Gasteiger partial charge in [-0.05, 0) is 48.9 Å². The maximum atomic E-state index is 13.1. The van der Waals surface area contributed by atoms with Gasteiger partial charge in [-0.15, -0.1) is 0 Å². The number of urea groups is 1. The molecule has 0 aliphatic carbocycles. The summed E-state index contributed by atoms with van der Waals surface area (Å²) in [6.07, 6.45) is 0. The van der Waals surface area contributed by atoms with Crippen LogP contribution in [0.2, 0.25) is 0 Å². The highest BCUT2D eigenvalue weighted by Gasteiger charge is 2.49. The normalized spacial score (nSPS) is 17.6. The van der Waals surface area contributed by atoms with Gasteiger partial charge >= 0.3 is 6.03 Å². The van der Waals surface area contributed by atoms with Gasteiger partial charge in [0.2, 0.25) is 5.91 Å². The predicted octanol–water partition coefficient (Wildman–Crippen LogP) is 1.47. The Morgan fingerprint density at radius 1 is 1.03 bits per heavy atom. The second kappa shape index (κ2) is 8.96. The molecule has 3 N–H and O–H groups in total. The number of ether oxygens (including phenoxy) is 2. The van der Waals surface area contributed by atoms with Gasteiger partial charge in [0, 0.05) is 18.3 Å². The molecular formula is C22H24N4O6. The van der Waals surface area contributed by atoms with Gasteiger partial charge in [-0.3, -0.25) is 19.3 Å². The van der Waals surface area contributed by atoms with Crippen molar-refractivity contribution in [1.29, 1.82) is 0 Å². The number of nitrogens with one attached hydrogen (secondary N) is 3. The number of amides is 5. The SMILES string of the molecule is CNC(=O)c1ccc(NC(=O)CN2C(=O)NC(C)(c3ccc(OC)c(OC)c3)C2=O)cc1. The lowest BCUT2D eigenvalue weighted by Crippen LogP contribution is -2.42. The highest BCUT2D eigenvalue weighted by molar-refractivity contribution is 6.10. The molecule has 1 atom stereocenters. The highest BCUT2D eigenvalue weighted by Crippen LogP contribution is 2.35. The third kappa shape index (κ3) is 4.20. The van der Waals surface area contributed by atoms with E-state index >= 15 is 0 Å². The van der Waals surface area contributed by atoms with Gasteiger partial charge in [0.15, 0.2) is 11.5 Å². The molecule has 1 fully saturated rings. The molecule has 10 nitrogen and oxygen atoms in total. The number of rotatable bonds is 7. The van der Waals surface area contributed by atoms with Gasteiger partial charge in [0.1, 0.15) is 12.1 Å². The number of nitrogens with zero attached hydrogens (tertiary/aromatic N) is 1. The van der Waals surface area contributed by atoms with Crippen molar-refractivity contribution in [3.8, 4) is 11.5 Å². The zero-order chi connectivity index (χ0) is 23.5. The van der Waals surface area contributed by atoms with Crippen LogP contribution in [0.4, 0.5) is 10.5 Å². The van der Waals surface area contributed by atoms with Gasteiger partial charge in [0.25, 0.3) is 11.8 Å². The molecule has 0 bridgehead atoms. The summed E-state index contributed by atoms with van der Waals surface area (Å²) in [5.74, 6) is -0.491. The van der Waals surface area contributed by atoms with Crippen LogP contribution >= 0.6 is 0 Å². The Hall–Kier alpha value is -4.08. The third-order valence-electron chi connectivity index (χ3n) is 5.20. The van der Waals surface area contributed by atoms with Crippen LogP contribution in [0.5, 0.6) is 11.5 Å². The zero-order valence-electron chi connectivity index (χ0n) is 18.1. The number of hydrogen-bond donors (Lipinski definition) is 3. The fourth-order valence-corrected chi connectivity index (χ4v) is 3.38. The average Bonchev–Trinajstić information content (AvgIpc) is 3.02. The van der Waals surface area contributed by atoms with Crippen molar-refractivity contribution in [2.45, 2.75) is 12.5 Å². The molecule has 32 heavy (non-hydrogen) atoms. The maximum absolute atomic E-state index is 13.1. The fraction of sp³-hybridized carbons (Fsp3) is 0.273. The summed E-state index contributed by atoms with van der Waals surface area (Å²) in [6.45, 7) is 1.09. The Balaban J connectivity index is 1.73. The number of imide groups is 1. The van der Waals surface area contributed by atoms with Crippen molar-refractivity contribution in [2.24, 2.45) is 0 Å². The van der Waals surface area contributed by atoms with Gasteiger partial charge < -0.3 is 25.4 Å². The molecule has 168 valence electrons. The monoisotopic (exact) mass is 440 g/mol. The fourth-order valence-electron chi connectivity index (χ4n) is 3.38. The van der Waals surface area contributed by atoms with Crippen LogP contribution in [0.15, 0.2) is 42.5 Å². The van der Waals surface area contributed by atoms with Crippen molar-refractivity contribution in [2.75, 3.05) is 33.1 Å². The number of carbonyl (C=O) groups is 4. The van der Waals surface area contributed by atoms with Crippen LogP contribution in [0, 0.1) is 0 Å². The van der Waals surface area contributed by atoms with E-state index < -0.39 is 29.9 Å². The van der Waals surface area contributed by atoms with Crippen LogP contribution in [0.3, 0.4) is 0 Å². The maximum Gasteiger partial charge on any atom is 0.325 e. The first-order valence-electron chi connectivity index (χ1n) is 9.72. The summed E-state index contributed by atoms with van der Waals surface area (Å²) in [4.78, 5) is 50.5. The van der Waals surface area contributed by atoms with E-state index in [-0.39, 0.29) is 5.91 Å². The number of carbonyl (C=O) groups excluding carboxylic acids is 4. The Morgan fingerprint density at radius 3 is 2.28 bits per heavy atom. The van der Waals surface area contributed by atoms with E-state index in [0.717, 1.165) is 4.90 Å². The Labute approximate surface area is 184 Å². The Kier molecular flexibility index (Phi) is 6.33. The first kappa shape index (κ1) is 22.6. The zero-order valence-corrected chi connectivity index (χ0v) is 18.1. The lowest BCUT2D eigenvalue weighted by Gasteiger charge is -2.23. The first-order valence-corrected chi connectivity index (χ1v) is 9.72. The number of benzene rings is 2. The molecule has 5 amide bonds. The van der Waals surface area contributed by atoms with E-state index in [1.807, 2.05) is 0 Å². The minimum absolute atomic E-state index is 0.253.